The maximum atomic E-state index is 11.0. The van der Waals surface area contributed by atoms with Crippen LogP contribution in [0.5, 0.6) is 0 Å². The molecule has 0 spiro atoms. The van der Waals surface area contributed by atoms with Crippen LogP contribution in [-0.4, -0.2) is 29.6 Å². The minimum atomic E-state index is -0.312. The summed E-state index contributed by atoms with van der Waals surface area (Å²) < 4.78 is 4.55. The van der Waals surface area contributed by atoms with Gasteiger partial charge in [0.2, 0.25) is 0 Å². The molecule has 5 nitrogen and oxygen atoms in total. The van der Waals surface area contributed by atoms with Crippen LogP contribution in [0.4, 0.5) is 5.82 Å². The third kappa shape index (κ3) is 4.01. The number of nitrogens with zero attached hydrogens (tertiary/aromatic N) is 2. The first-order valence-electron chi connectivity index (χ1n) is 5.83. The number of esters is 1. The molecule has 0 aliphatic heterocycles. The van der Waals surface area contributed by atoms with Crippen LogP contribution in [-0.2, 0) is 9.53 Å². The van der Waals surface area contributed by atoms with Gasteiger partial charge >= 0.3 is 5.97 Å². The van der Waals surface area contributed by atoms with E-state index in [1.165, 1.54) is 13.4 Å². The molecule has 1 aromatic rings. The summed E-state index contributed by atoms with van der Waals surface area (Å²) in [7, 11) is 1.36. The summed E-state index contributed by atoms with van der Waals surface area (Å²) in [5, 5.41) is 2.91. The van der Waals surface area contributed by atoms with Crippen LogP contribution in [0.3, 0.4) is 0 Å². The normalized spacial score (nSPS) is 10.4. The standard InChI is InChI=1S/C12H19N3O2/c1-4-9(5-2)10-6-11(15-8-14-10)13-7-12(16)17-3/h6,8-9H,4-5,7H2,1-3H3,(H,13,14,15). The molecule has 0 unspecified atom stereocenters. The molecule has 1 aromatic heterocycles. The van der Waals surface area contributed by atoms with E-state index in [9.17, 15) is 4.79 Å². The van der Waals surface area contributed by atoms with Crippen LogP contribution in [0.2, 0.25) is 0 Å². The van der Waals surface area contributed by atoms with Crippen molar-refractivity contribution in [3.8, 4) is 0 Å². The first-order chi connectivity index (χ1) is 8.21. The molecule has 0 saturated heterocycles. The fourth-order valence-electron chi connectivity index (χ4n) is 1.63. The molecule has 1 heterocycles. The van der Waals surface area contributed by atoms with E-state index < -0.39 is 0 Å². The number of methoxy groups -OCH3 is 1. The van der Waals surface area contributed by atoms with Crippen molar-refractivity contribution in [3.05, 3.63) is 18.1 Å². The van der Waals surface area contributed by atoms with Gasteiger partial charge in [0.1, 0.15) is 18.7 Å². The Bertz CT molecular complexity index is 365. The molecule has 0 saturated carbocycles. The lowest BCUT2D eigenvalue weighted by molar-refractivity contribution is -0.138. The predicted octanol–water partition coefficient (Wildman–Crippen LogP) is 1.97. The Morgan fingerprint density at radius 1 is 1.41 bits per heavy atom. The molecule has 0 atom stereocenters. The first kappa shape index (κ1) is 13.4. The minimum Gasteiger partial charge on any atom is -0.468 e. The average Bonchev–Trinajstić information content (AvgIpc) is 2.38. The summed E-state index contributed by atoms with van der Waals surface area (Å²) >= 11 is 0. The number of aromatic nitrogens is 2. The van der Waals surface area contributed by atoms with Crippen molar-refractivity contribution in [3.63, 3.8) is 0 Å². The van der Waals surface area contributed by atoms with Crippen LogP contribution in [0, 0.1) is 0 Å². The van der Waals surface area contributed by atoms with E-state index in [0.29, 0.717) is 11.7 Å². The zero-order chi connectivity index (χ0) is 12.7. The van der Waals surface area contributed by atoms with Crippen molar-refractivity contribution in [2.45, 2.75) is 32.6 Å². The highest BCUT2D eigenvalue weighted by molar-refractivity contribution is 5.74. The molecule has 0 fully saturated rings. The molecule has 1 N–H and O–H groups in total. The second-order valence-corrected chi connectivity index (χ2v) is 3.77. The second kappa shape index (κ2) is 6.83. The number of hydrogen-bond donors (Lipinski definition) is 1. The van der Waals surface area contributed by atoms with E-state index in [1.54, 1.807) is 0 Å². The van der Waals surface area contributed by atoms with Crippen LogP contribution in [0.1, 0.15) is 38.3 Å². The van der Waals surface area contributed by atoms with Gasteiger partial charge in [0.15, 0.2) is 0 Å². The molecule has 0 aromatic carbocycles. The zero-order valence-corrected chi connectivity index (χ0v) is 10.6. The summed E-state index contributed by atoms with van der Waals surface area (Å²) in [6, 6.07) is 1.89. The Balaban J connectivity index is 2.68. The van der Waals surface area contributed by atoms with E-state index in [1.807, 2.05) is 6.07 Å². The van der Waals surface area contributed by atoms with Crippen LogP contribution >= 0.6 is 0 Å². The van der Waals surface area contributed by atoms with Crippen molar-refractivity contribution in [1.82, 2.24) is 9.97 Å². The number of nitrogens with one attached hydrogen (secondary N) is 1. The third-order valence-electron chi connectivity index (χ3n) is 2.73. The SMILES string of the molecule is CCC(CC)c1cc(NCC(=O)OC)ncn1. The lowest BCUT2D eigenvalue weighted by Crippen LogP contribution is -2.16. The predicted molar refractivity (Wildman–Crippen MR) is 65.9 cm³/mol. The van der Waals surface area contributed by atoms with Gasteiger partial charge in [0, 0.05) is 17.7 Å². The molecule has 0 amide bonds. The molecule has 1 rings (SSSR count). The Labute approximate surface area is 102 Å². The van der Waals surface area contributed by atoms with Gasteiger partial charge in [-0.1, -0.05) is 13.8 Å². The third-order valence-corrected chi connectivity index (χ3v) is 2.73. The largest absolute Gasteiger partial charge is 0.468 e. The Kier molecular flexibility index (Phi) is 5.39. The number of ether oxygens (including phenoxy) is 1. The van der Waals surface area contributed by atoms with Gasteiger partial charge in [-0.3, -0.25) is 4.79 Å². The van der Waals surface area contributed by atoms with E-state index in [2.05, 4.69) is 33.9 Å². The van der Waals surface area contributed by atoms with Gasteiger partial charge in [-0.15, -0.1) is 0 Å². The van der Waals surface area contributed by atoms with Crippen molar-refractivity contribution in [2.75, 3.05) is 19.0 Å². The summed E-state index contributed by atoms with van der Waals surface area (Å²) in [4.78, 5) is 19.3. The van der Waals surface area contributed by atoms with Crippen LogP contribution < -0.4 is 5.32 Å². The fraction of sp³-hybridized carbons (Fsp3) is 0.583. The van der Waals surface area contributed by atoms with Crippen LogP contribution in [0.25, 0.3) is 0 Å². The monoisotopic (exact) mass is 237 g/mol. The van der Waals surface area contributed by atoms with E-state index in [-0.39, 0.29) is 12.5 Å². The summed E-state index contributed by atoms with van der Waals surface area (Å²) in [5.74, 6) is 0.789. The molecule has 17 heavy (non-hydrogen) atoms. The molecule has 5 heteroatoms. The number of carbonyl (C=O) groups is 1. The number of rotatable bonds is 6. The molecule has 0 bridgehead atoms. The number of carbonyl (C=O) groups excluding carboxylic acids is 1. The maximum absolute atomic E-state index is 11.0. The fourth-order valence-corrected chi connectivity index (χ4v) is 1.63. The topological polar surface area (TPSA) is 64.1 Å². The van der Waals surface area contributed by atoms with E-state index >= 15 is 0 Å². The van der Waals surface area contributed by atoms with Gasteiger partial charge < -0.3 is 10.1 Å². The highest BCUT2D eigenvalue weighted by atomic mass is 16.5. The van der Waals surface area contributed by atoms with Crippen molar-refractivity contribution in [2.24, 2.45) is 0 Å². The maximum Gasteiger partial charge on any atom is 0.325 e. The van der Waals surface area contributed by atoms with Crippen molar-refractivity contribution >= 4 is 11.8 Å². The average molecular weight is 237 g/mol. The minimum absolute atomic E-state index is 0.121. The highest BCUT2D eigenvalue weighted by Gasteiger charge is 2.09. The summed E-state index contributed by atoms with van der Waals surface area (Å²) in [6.45, 7) is 4.39. The molecular formula is C12H19N3O2. The molecular weight excluding hydrogens is 218 g/mol. The van der Waals surface area contributed by atoms with Gasteiger partial charge in [0.25, 0.3) is 0 Å². The Morgan fingerprint density at radius 2 is 2.12 bits per heavy atom. The molecule has 0 aliphatic rings. The Hall–Kier alpha value is -1.65. The highest BCUT2D eigenvalue weighted by Crippen LogP contribution is 2.21. The van der Waals surface area contributed by atoms with Gasteiger partial charge in [-0.25, -0.2) is 9.97 Å². The molecule has 94 valence electrons. The summed E-state index contributed by atoms with van der Waals surface area (Å²) in [6.07, 6.45) is 3.61. The smallest absolute Gasteiger partial charge is 0.325 e. The molecule has 0 radical (unpaired) electrons. The van der Waals surface area contributed by atoms with E-state index in [0.717, 1.165) is 18.5 Å². The van der Waals surface area contributed by atoms with Gasteiger partial charge in [-0.05, 0) is 12.8 Å². The van der Waals surface area contributed by atoms with Crippen LogP contribution in [0.15, 0.2) is 12.4 Å². The quantitative estimate of drug-likeness (QED) is 0.766. The lowest BCUT2D eigenvalue weighted by atomic mass is 9.99. The van der Waals surface area contributed by atoms with E-state index in [4.69, 9.17) is 0 Å². The molecule has 0 aliphatic carbocycles. The van der Waals surface area contributed by atoms with Gasteiger partial charge in [0.05, 0.1) is 7.11 Å². The summed E-state index contributed by atoms with van der Waals surface area (Å²) in [5.41, 5.74) is 1.01. The second-order valence-electron chi connectivity index (χ2n) is 3.77. The number of anilines is 1. The lowest BCUT2D eigenvalue weighted by Gasteiger charge is -2.12. The zero-order valence-electron chi connectivity index (χ0n) is 10.6. The Morgan fingerprint density at radius 3 is 2.71 bits per heavy atom. The van der Waals surface area contributed by atoms with Gasteiger partial charge in [-0.2, -0.15) is 0 Å². The first-order valence-corrected chi connectivity index (χ1v) is 5.83. The van der Waals surface area contributed by atoms with Crippen molar-refractivity contribution < 1.29 is 9.53 Å². The van der Waals surface area contributed by atoms with Crippen molar-refractivity contribution in [1.29, 1.82) is 0 Å². The number of hydrogen-bond acceptors (Lipinski definition) is 5.